The van der Waals surface area contributed by atoms with Gasteiger partial charge in [0, 0.05) is 0 Å². The van der Waals surface area contributed by atoms with Crippen molar-refractivity contribution in [1.82, 2.24) is 19.9 Å². The number of nitrogens with zero attached hydrogens (tertiary/aromatic N) is 10. The standard InChI is InChI=1S/C35H12N10/c36-13-19-1-5-21(6-2-19)35(22-7-3-20(14-37)4-8-22)25-11-29-27(42-31(15-38)33(17-40)44-29)9-23(25)24-10-28-30(12-26(24)35)45-34(18-41)32(16-39)43-28/h1-12H. The molecule has 0 bridgehead atoms. The Morgan fingerprint density at radius 1 is 0.400 bits per heavy atom. The van der Waals surface area contributed by atoms with E-state index in [1.54, 1.807) is 24.3 Å². The third-order valence-electron chi connectivity index (χ3n) is 8.02. The Morgan fingerprint density at radius 2 is 0.711 bits per heavy atom. The van der Waals surface area contributed by atoms with Crippen LogP contribution in [0.2, 0.25) is 0 Å². The van der Waals surface area contributed by atoms with Crippen molar-refractivity contribution in [1.29, 1.82) is 31.6 Å². The molecule has 4 aromatic carbocycles. The molecule has 0 aliphatic heterocycles. The largest absolute Gasteiger partial charge is 0.232 e. The lowest BCUT2D eigenvalue weighted by molar-refractivity contribution is 0.769. The summed E-state index contributed by atoms with van der Waals surface area (Å²) in [6.45, 7) is 0. The second-order valence-electron chi connectivity index (χ2n) is 10.2. The van der Waals surface area contributed by atoms with Gasteiger partial charge in [-0.3, -0.25) is 0 Å². The summed E-state index contributed by atoms with van der Waals surface area (Å²) in [6.07, 6.45) is 0. The number of rotatable bonds is 2. The van der Waals surface area contributed by atoms with Gasteiger partial charge in [-0.2, -0.15) is 31.6 Å². The Bertz CT molecular complexity index is 2360. The van der Waals surface area contributed by atoms with Crippen LogP contribution in [0.3, 0.4) is 0 Å². The first kappa shape index (κ1) is 26.4. The lowest BCUT2D eigenvalue weighted by Gasteiger charge is -2.34. The molecule has 6 aromatic rings. The van der Waals surface area contributed by atoms with Crippen molar-refractivity contribution >= 4 is 22.1 Å². The van der Waals surface area contributed by atoms with E-state index in [9.17, 15) is 31.6 Å². The van der Waals surface area contributed by atoms with Crippen LogP contribution in [0.5, 0.6) is 0 Å². The molecule has 0 N–H and O–H groups in total. The average Bonchev–Trinajstić information content (AvgIpc) is 3.36. The normalized spacial score (nSPS) is 12.0. The number of nitriles is 6. The van der Waals surface area contributed by atoms with Gasteiger partial charge >= 0.3 is 0 Å². The summed E-state index contributed by atoms with van der Waals surface area (Å²) in [4.78, 5) is 17.8. The van der Waals surface area contributed by atoms with Gasteiger partial charge in [-0.15, -0.1) is 0 Å². The maximum Gasteiger partial charge on any atom is 0.177 e. The SMILES string of the molecule is N#Cc1ccc(C2(c3ccc(C#N)cc3)c3cc4nc(C#N)c(C#N)nc4cc3-c3cc4nc(C#N)c(C#N)nc4cc32)cc1. The van der Waals surface area contributed by atoms with E-state index in [1.165, 1.54) is 0 Å². The molecule has 1 aliphatic carbocycles. The number of hydrogen-bond donors (Lipinski definition) is 0. The van der Waals surface area contributed by atoms with E-state index in [-0.39, 0.29) is 22.8 Å². The highest BCUT2D eigenvalue weighted by Crippen LogP contribution is 2.57. The molecule has 0 atom stereocenters. The summed E-state index contributed by atoms with van der Waals surface area (Å²) in [5.41, 5.74) is 5.63. The van der Waals surface area contributed by atoms with Gasteiger partial charge in [-0.25, -0.2) is 19.9 Å². The predicted octanol–water partition coefficient (Wildman–Crippen LogP) is 5.17. The van der Waals surface area contributed by atoms with Crippen molar-refractivity contribution in [2.45, 2.75) is 5.41 Å². The van der Waals surface area contributed by atoms with Crippen molar-refractivity contribution in [3.8, 4) is 47.5 Å². The van der Waals surface area contributed by atoms with E-state index in [0.717, 1.165) is 33.4 Å². The second kappa shape index (κ2) is 9.80. The quantitative estimate of drug-likeness (QED) is 0.267. The molecule has 10 heteroatoms. The number of hydrogen-bond acceptors (Lipinski definition) is 10. The van der Waals surface area contributed by atoms with Crippen LogP contribution < -0.4 is 0 Å². The fourth-order valence-electron chi connectivity index (χ4n) is 6.11. The Hall–Kier alpha value is -7.50. The van der Waals surface area contributed by atoms with Crippen molar-refractivity contribution in [3.05, 3.63) is 129 Å². The van der Waals surface area contributed by atoms with Gasteiger partial charge in [0.2, 0.25) is 0 Å². The Morgan fingerprint density at radius 3 is 1.00 bits per heavy atom. The van der Waals surface area contributed by atoms with E-state index >= 15 is 0 Å². The minimum atomic E-state index is -1.06. The van der Waals surface area contributed by atoms with Crippen LogP contribution in [-0.4, -0.2) is 19.9 Å². The molecule has 0 saturated carbocycles. The highest BCUT2D eigenvalue weighted by atomic mass is 14.8. The Kier molecular flexibility index (Phi) is 5.75. The van der Waals surface area contributed by atoms with Crippen molar-refractivity contribution in [2.75, 3.05) is 0 Å². The molecule has 45 heavy (non-hydrogen) atoms. The minimum Gasteiger partial charge on any atom is -0.232 e. The zero-order valence-electron chi connectivity index (χ0n) is 22.9. The number of benzene rings is 4. The Labute approximate surface area is 255 Å². The van der Waals surface area contributed by atoms with Crippen molar-refractivity contribution in [2.24, 2.45) is 0 Å². The maximum absolute atomic E-state index is 9.68. The second-order valence-corrected chi connectivity index (χ2v) is 10.2. The summed E-state index contributed by atoms with van der Waals surface area (Å²) in [5, 5.41) is 57.7. The van der Waals surface area contributed by atoms with E-state index in [0.29, 0.717) is 33.2 Å². The monoisotopic (exact) mass is 572 g/mol. The molecule has 0 fully saturated rings. The molecule has 0 amide bonds. The first-order valence-corrected chi connectivity index (χ1v) is 13.3. The van der Waals surface area contributed by atoms with Crippen molar-refractivity contribution in [3.63, 3.8) is 0 Å². The Balaban J connectivity index is 1.69. The van der Waals surface area contributed by atoms with Crippen LogP contribution >= 0.6 is 0 Å². The first-order valence-electron chi connectivity index (χ1n) is 13.3. The minimum absolute atomic E-state index is 0.0966. The molecule has 2 heterocycles. The maximum atomic E-state index is 9.68. The van der Waals surface area contributed by atoms with Gasteiger partial charge in [0.1, 0.15) is 24.3 Å². The summed E-state index contributed by atoms with van der Waals surface area (Å²) in [7, 11) is 0. The van der Waals surface area contributed by atoms with Crippen molar-refractivity contribution < 1.29 is 0 Å². The highest BCUT2D eigenvalue weighted by molar-refractivity contribution is 5.97. The molecule has 0 spiro atoms. The molecule has 1 aliphatic rings. The van der Waals surface area contributed by atoms with Gasteiger partial charge in [0.15, 0.2) is 22.8 Å². The predicted molar refractivity (Wildman–Crippen MR) is 158 cm³/mol. The lowest BCUT2D eigenvalue weighted by Crippen LogP contribution is -2.28. The molecular formula is C35H12N10. The fourth-order valence-corrected chi connectivity index (χ4v) is 6.11. The van der Waals surface area contributed by atoms with Gasteiger partial charge < -0.3 is 0 Å². The zero-order chi connectivity index (χ0) is 31.3. The molecule has 202 valence electrons. The smallest absolute Gasteiger partial charge is 0.177 e. The highest BCUT2D eigenvalue weighted by Gasteiger charge is 2.47. The van der Waals surface area contributed by atoms with E-state index in [4.69, 9.17) is 0 Å². The van der Waals surface area contributed by atoms with Crippen LogP contribution in [0.15, 0.2) is 72.8 Å². The van der Waals surface area contributed by atoms with Crippen LogP contribution in [0, 0.1) is 68.0 Å². The third kappa shape index (κ3) is 3.69. The zero-order valence-corrected chi connectivity index (χ0v) is 22.9. The topological polar surface area (TPSA) is 194 Å². The lowest BCUT2D eigenvalue weighted by atomic mass is 9.67. The molecular weight excluding hydrogens is 560 g/mol. The fraction of sp³-hybridized carbons (Fsp3) is 0.0286. The van der Waals surface area contributed by atoms with Gasteiger partial charge in [-0.05, 0) is 81.9 Å². The average molecular weight is 573 g/mol. The molecule has 2 aromatic heterocycles. The van der Waals surface area contributed by atoms with Gasteiger partial charge in [0.25, 0.3) is 0 Å². The first-order chi connectivity index (χ1) is 22.0. The number of aromatic nitrogens is 4. The molecule has 10 nitrogen and oxygen atoms in total. The molecule has 7 rings (SSSR count). The summed E-state index contributed by atoms with van der Waals surface area (Å²) < 4.78 is 0. The molecule has 0 radical (unpaired) electrons. The molecule has 0 unspecified atom stereocenters. The van der Waals surface area contributed by atoms with Crippen LogP contribution in [0.1, 0.15) is 56.2 Å². The van der Waals surface area contributed by atoms with E-state index in [2.05, 4.69) is 32.1 Å². The van der Waals surface area contributed by atoms with Gasteiger partial charge in [0.05, 0.1) is 50.7 Å². The summed E-state index contributed by atoms with van der Waals surface area (Å²) >= 11 is 0. The van der Waals surface area contributed by atoms with E-state index < -0.39 is 5.41 Å². The summed E-state index contributed by atoms with van der Waals surface area (Å²) in [6, 6.07) is 33.7. The molecule has 0 saturated heterocycles. The summed E-state index contributed by atoms with van der Waals surface area (Å²) in [5.74, 6) is 0. The van der Waals surface area contributed by atoms with E-state index in [1.807, 2.05) is 72.8 Å². The van der Waals surface area contributed by atoms with Gasteiger partial charge in [-0.1, -0.05) is 24.3 Å². The van der Waals surface area contributed by atoms with Crippen LogP contribution in [0.25, 0.3) is 33.2 Å². The number of fused-ring (bicyclic) bond motifs is 5. The third-order valence-corrected chi connectivity index (χ3v) is 8.02. The van der Waals surface area contributed by atoms with Crippen LogP contribution in [-0.2, 0) is 5.41 Å². The van der Waals surface area contributed by atoms with Crippen LogP contribution in [0.4, 0.5) is 0 Å².